The summed E-state index contributed by atoms with van der Waals surface area (Å²) in [6, 6.07) is 2.22. The fraction of sp³-hybridized carbons (Fsp3) is 0.714. The van der Waals surface area contributed by atoms with E-state index >= 15 is 0 Å². The molecule has 0 aromatic carbocycles. The Morgan fingerprint density at radius 1 is 1.17 bits per heavy atom. The molecule has 18 heavy (non-hydrogen) atoms. The van der Waals surface area contributed by atoms with Gasteiger partial charge in [0.15, 0.2) is 0 Å². The molecule has 104 valence electrons. The van der Waals surface area contributed by atoms with Gasteiger partial charge in [0, 0.05) is 21.4 Å². The van der Waals surface area contributed by atoms with Gasteiger partial charge in [-0.3, -0.25) is 0 Å². The number of nitrogens with one attached hydrogen (secondary N) is 1. The first-order valence-electron chi connectivity index (χ1n) is 6.28. The number of rotatable bonds is 5. The molecule has 0 aliphatic carbocycles. The van der Waals surface area contributed by atoms with Crippen LogP contribution in [0.2, 0.25) is 0 Å². The summed E-state index contributed by atoms with van der Waals surface area (Å²) in [5, 5.41) is 3.60. The van der Waals surface area contributed by atoms with Gasteiger partial charge in [0.25, 0.3) is 0 Å². The summed E-state index contributed by atoms with van der Waals surface area (Å²) in [5.41, 5.74) is 0.530. The number of thiophene rings is 1. The molecule has 0 radical (unpaired) electrons. The van der Waals surface area contributed by atoms with Crippen molar-refractivity contribution in [2.45, 2.75) is 53.0 Å². The fourth-order valence-electron chi connectivity index (χ4n) is 1.57. The van der Waals surface area contributed by atoms with Crippen molar-refractivity contribution in [3.63, 3.8) is 0 Å². The van der Waals surface area contributed by atoms with Crippen LogP contribution in [0.15, 0.2) is 14.3 Å². The smallest absolute Gasteiger partial charge is 0.0843 e. The van der Waals surface area contributed by atoms with E-state index in [2.05, 4.69) is 77.9 Å². The van der Waals surface area contributed by atoms with Gasteiger partial charge in [-0.25, -0.2) is 0 Å². The Hall–Kier alpha value is 0.620. The van der Waals surface area contributed by atoms with Crippen LogP contribution in [0, 0.1) is 5.41 Å². The van der Waals surface area contributed by atoms with Gasteiger partial charge in [-0.15, -0.1) is 11.3 Å². The molecule has 1 aromatic rings. The highest BCUT2D eigenvalue weighted by atomic mass is 79.9. The van der Waals surface area contributed by atoms with E-state index in [-0.39, 0.29) is 5.54 Å². The van der Waals surface area contributed by atoms with E-state index in [9.17, 15) is 0 Å². The molecule has 0 saturated carbocycles. The predicted octanol–water partition coefficient (Wildman–Crippen LogP) is 5.62. The van der Waals surface area contributed by atoms with E-state index in [1.54, 1.807) is 0 Å². The lowest BCUT2D eigenvalue weighted by Crippen LogP contribution is -2.42. The first-order valence-corrected chi connectivity index (χ1v) is 8.68. The van der Waals surface area contributed by atoms with Gasteiger partial charge in [0.2, 0.25) is 0 Å². The van der Waals surface area contributed by atoms with E-state index < -0.39 is 0 Å². The van der Waals surface area contributed by atoms with Crippen molar-refractivity contribution in [2.75, 3.05) is 6.54 Å². The third-order valence-corrected chi connectivity index (χ3v) is 6.16. The summed E-state index contributed by atoms with van der Waals surface area (Å²) in [6.07, 6.45) is 2.35. The molecule has 0 amide bonds. The highest BCUT2D eigenvalue weighted by Gasteiger charge is 2.21. The summed E-state index contributed by atoms with van der Waals surface area (Å²) < 4.78 is 2.37. The normalized spacial score (nSPS) is 13.1. The first kappa shape index (κ1) is 16.7. The number of hydrogen-bond donors (Lipinski definition) is 1. The summed E-state index contributed by atoms with van der Waals surface area (Å²) in [6.45, 7) is 12.4. The summed E-state index contributed by atoms with van der Waals surface area (Å²) in [4.78, 5) is 1.44. The molecular formula is C14H23Br2NS. The van der Waals surface area contributed by atoms with Crippen molar-refractivity contribution in [3.05, 3.63) is 19.2 Å². The largest absolute Gasteiger partial charge is 0.312 e. The Bertz CT molecular complexity index is 371. The van der Waals surface area contributed by atoms with Crippen LogP contribution in [-0.4, -0.2) is 12.1 Å². The molecule has 0 fully saturated rings. The van der Waals surface area contributed by atoms with E-state index in [1.807, 2.05) is 11.3 Å². The zero-order chi connectivity index (χ0) is 14.0. The highest BCUT2D eigenvalue weighted by molar-refractivity contribution is 9.13. The molecule has 1 rings (SSSR count). The second kappa shape index (κ2) is 6.38. The first-order chi connectivity index (χ1) is 8.09. The molecule has 1 N–H and O–H groups in total. The van der Waals surface area contributed by atoms with Crippen molar-refractivity contribution in [1.82, 2.24) is 5.32 Å². The summed E-state index contributed by atoms with van der Waals surface area (Å²) >= 11 is 8.93. The second-order valence-corrected chi connectivity index (χ2v) is 9.91. The predicted molar refractivity (Wildman–Crippen MR) is 89.6 cm³/mol. The lowest BCUT2D eigenvalue weighted by Gasteiger charge is -2.30. The van der Waals surface area contributed by atoms with Gasteiger partial charge < -0.3 is 5.32 Å². The molecule has 1 aromatic heterocycles. The van der Waals surface area contributed by atoms with Gasteiger partial charge in [-0.2, -0.15) is 0 Å². The molecule has 1 heterocycles. The molecule has 0 spiro atoms. The number of aryl methyl sites for hydroxylation is 1. The monoisotopic (exact) mass is 395 g/mol. The zero-order valence-corrected chi connectivity index (χ0v) is 15.9. The standard InChI is InChI=1S/C14H23Br2NS/c1-13(2,3)17-9-14(4,5)7-6-10-8-11(15)12(16)18-10/h8,17H,6-7,9H2,1-5H3. The van der Waals surface area contributed by atoms with Gasteiger partial charge in [-0.1, -0.05) is 13.8 Å². The lowest BCUT2D eigenvalue weighted by molar-refractivity contribution is 0.274. The molecule has 0 bridgehead atoms. The Morgan fingerprint density at radius 3 is 2.22 bits per heavy atom. The molecule has 1 nitrogen and oxygen atoms in total. The second-order valence-electron chi connectivity index (χ2n) is 6.60. The highest BCUT2D eigenvalue weighted by Crippen LogP contribution is 2.34. The minimum absolute atomic E-state index is 0.201. The SMILES string of the molecule is CC(C)(CCc1cc(Br)c(Br)s1)CNC(C)(C)C. The summed E-state index contributed by atoms with van der Waals surface area (Å²) in [7, 11) is 0. The molecular weight excluding hydrogens is 374 g/mol. The van der Waals surface area contributed by atoms with E-state index in [1.165, 1.54) is 19.6 Å². The van der Waals surface area contributed by atoms with Crippen molar-refractivity contribution < 1.29 is 0 Å². The molecule has 0 saturated heterocycles. The van der Waals surface area contributed by atoms with E-state index in [0.717, 1.165) is 13.0 Å². The Morgan fingerprint density at radius 2 is 1.78 bits per heavy atom. The van der Waals surface area contributed by atoms with Crippen LogP contribution in [0.5, 0.6) is 0 Å². The Labute approximate surface area is 132 Å². The number of halogens is 2. The third kappa shape index (κ3) is 6.18. The van der Waals surface area contributed by atoms with Crippen molar-refractivity contribution in [3.8, 4) is 0 Å². The average molecular weight is 397 g/mol. The van der Waals surface area contributed by atoms with Crippen molar-refractivity contribution in [2.24, 2.45) is 5.41 Å². The quantitative estimate of drug-likeness (QED) is 0.680. The minimum atomic E-state index is 0.201. The van der Waals surface area contributed by atoms with E-state index in [0.29, 0.717) is 5.41 Å². The number of hydrogen-bond acceptors (Lipinski definition) is 2. The molecule has 0 atom stereocenters. The van der Waals surface area contributed by atoms with Gasteiger partial charge in [0.1, 0.15) is 0 Å². The van der Waals surface area contributed by atoms with E-state index in [4.69, 9.17) is 0 Å². The maximum atomic E-state index is 3.60. The summed E-state index contributed by atoms with van der Waals surface area (Å²) in [5.74, 6) is 0. The Kier molecular flexibility index (Phi) is 5.91. The fourth-order valence-corrected chi connectivity index (χ4v) is 3.75. The van der Waals surface area contributed by atoms with Crippen LogP contribution >= 0.6 is 43.2 Å². The van der Waals surface area contributed by atoms with Crippen LogP contribution in [0.3, 0.4) is 0 Å². The Balaban J connectivity index is 2.46. The molecule has 0 aliphatic rings. The lowest BCUT2D eigenvalue weighted by atomic mass is 9.86. The van der Waals surface area contributed by atoms with Gasteiger partial charge in [0.05, 0.1) is 3.79 Å². The molecule has 0 aliphatic heterocycles. The van der Waals surface area contributed by atoms with Crippen LogP contribution in [-0.2, 0) is 6.42 Å². The zero-order valence-electron chi connectivity index (χ0n) is 11.9. The van der Waals surface area contributed by atoms with Crippen molar-refractivity contribution in [1.29, 1.82) is 0 Å². The van der Waals surface area contributed by atoms with Crippen LogP contribution < -0.4 is 5.32 Å². The maximum absolute atomic E-state index is 3.60. The van der Waals surface area contributed by atoms with Crippen molar-refractivity contribution >= 4 is 43.2 Å². The third-order valence-electron chi connectivity index (χ3n) is 2.84. The van der Waals surface area contributed by atoms with Crippen LogP contribution in [0.1, 0.15) is 45.9 Å². The van der Waals surface area contributed by atoms with Gasteiger partial charge in [-0.05, 0) is 77.0 Å². The topological polar surface area (TPSA) is 12.0 Å². The van der Waals surface area contributed by atoms with Crippen LogP contribution in [0.25, 0.3) is 0 Å². The molecule has 0 unspecified atom stereocenters. The van der Waals surface area contributed by atoms with Gasteiger partial charge >= 0.3 is 0 Å². The average Bonchev–Trinajstić information content (AvgIpc) is 2.53. The van der Waals surface area contributed by atoms with Crippen LogP contribution in [0.4, 0.5) is 0 Å². The molecule has 4 heteroatoms. The maximum Gasteiger partial charge on any atom is 0.0843 e. The minimum Gasteiger partial charge on any atom is -0.312 e.